The Hall–Kier alpha value is -0.660. The van der Waals surface area contributed by atoms with E-state index in [1.165, 1.54) is 30.2 Å². The van der Waals surface area contributed by atoms with E-state index >= 15 is 0 Å². The highest BCUT2D eigenvalue weighted by Crippen LogP contribution is 2.19. The van der Waals surface area contributed by atoms with Crippen molar-refractivity contribution in [3.63, 3.8) is 0 Å². The molecule has 0 saturated heterocycles. The number of nitrogens with zero attached hydrogens (tertiary/aromatic N) is 2. The number of aromatic nitrogens is 2. The summed E-state index contributed by atoms with van der Waals surface area (Å²) in [6, 6.07) is -0.279. The fourth-order valence-electron chi connectivity index (χ4n) is 1.05. The van der Waals surface area contributed by atoms with E-state index in [4.69, 9.17) is 4.74 Å². The monoisotopic (exact) mass is 261 g/mol. The predicted molar refractivity (Wildman–Crippen MR) is 64.7 cm³/mol. The van der Waals surface area contributed by atoms with E-state index in [-0.39, 0.29) is 12.0 Å². The van der Waals surface area contributed by atoms with Gasteiger partial charge in [0.2, 0.25) is 0 Å². The zero-order valence-electron chi connectivity index (χ0n) is 9.30. The quantitative estimate of drug-likeness (QED) is 0.587. The molecule has 1 unspecified atom stereocenters. The Morgan fingerprint density at radius 2 is 2.56 bits per heavy atom. The topological polar surface area (TPSA) is 64.1 Å². The van der Waals surface area contributed by atoms with Gasteiger partial charge in [0.05, 0.1) is 7.11 Å². The normalized spacial score (nSPS) is 12.4. The Morgan fingerprint density at radius 3 is 3.12 bits per heavy atom. The first-order chi connectivity index (χ1) is 7.77. The smallest absolute Gasteiger partial charge is 0.323 e. The number of hydrogen-bond donors (Lipinski definition) is 1. The average Bonchev–Trinajstić information content (AvgIpc) is 2.81. The summed E-state index contributed by atoms with van der Waals surface area (Å²) in [5.74, 6) is 0.382. The molecule has 7 heteroatoms. The van der Waals surface area contributed by atoms with Crippen LogP contribution in [-0.2, 0) is 9.53 Å². The van der Waals surface area contributed by atoms with E-state index < -0.39 is 0 Å². The van der Waals surface area contributed by atoms with Crippen LogP contribution in [0.1, 0.15) is 13.3 Å². The van der Waals surface area contributed by atoms with Gasteiger partial charge in [-0.15, -0.1) is 10.2 Å². The van der Waals surface area contributed by atoms with E-state index in [0.717, 1.165) is 17.3 Å². The van der Waals surface area contributed by atoms with Gasteiger partial charge in [-0.2, -0.15) is 0 Å². The van der Waals surface area contributed by atoms with Crippen LogP contribution in [0.5, 0.6) is 0 Å². The minimum atomic E-state index is -0.279. The van der Waals surface area contributed by atoms with Gasteiger partial charge in [-0.25, -0.2) is 0 Å². The predicted octanol–water partition coefficient (Wildman–Crippen LogP) is 1.17. The Labute approximate surface area is 103 Å². The lowest BCUT2D eigenvalue weighted by molar-refractivity contribution is -0.142. The third-order valence-electron chi connectivity index (χ3n) is 1.84. The molecule has 5 nitrogen and oxygen atoms in total. The molecule has 0 aromatic carbocycles. The molecule has 16 heavy (non-hydrogen) atoms. The molecule has 0 aliphatic carbocycles. The lowest BCUT2D eigenvalue weighted by Crippen LogP contribution is -2.40. The van der Waals surface area contributed by atoms with Crippen molar-refractivity contribution in [2.24, 2.45) is 0 Å². The van der Waals surface area contributed by atoms with Crippen molar-refractivity contribution in [3.8, 4) is 0 Å². The summed E-state index contributed by atoms with van der Waals surface area (Å²) < 4.78 is 5.60. The number of hydrogen-bond acceptors (Lipinski definition) is 7. The van der Waals surface area contributed by atoms with Crippen LogP contribution in [0, 0.1) is 0 Å². The first-order valence-corrected chi connectivity index (χ1v) is 6.84. The van der Waals surface area contributed by atoms with Gasteiger partial charge in [-0.05, 0) is 13.0 Å². The number of methoxy groups -OCH3 is 1. The zero-order valence-corrected chi connectivity index (χ0v) is 10.9. The van der Waals surface area contributed by atoms with Crippen LogP contribution in [0.25, 0.3) is 0 Å². The summed E-state index contributed by atoms with van der Waals surface area (Å²) in [6.07, 6.45) is 0.983. The highest BCUT2D eigenvalue weighted by molar-refractivity contribution is 8.01. The van der Waals surface area contributed by atoms with Gasteiger partial charge >= 0.3 is 5.97 Å². The molecule has 1 heterocycles. The fraction of sp³-hybridized carbons (Fsp3) is 0.667. The number of carbonyl (C=O) groups is 1. The standard InChI is InChI=1S/C9H15N3O2S2/c1-3-4-10-7(8(13)14-2)5-15-9-12-11-6-16-9/h6-7,10H,3-5H2,1-2H3. The lowest BCUT2D eigenvalue weighted by Gasteiger charge is -2.14. The van der Waals surface area contributed by atoms with Crippen LogP contribution in [0.3, 0.4) is 0 Å². The van der Waals surface area contributed by atoms with Gasteiger partial charge in [0.25, 0.3) is 0 Å². The summed E-state index contributed by atoms with van der Waals surface area (Å²) in [7, 11) is 1.40. The third-order valence-corrected chi connectivity index (χ3v) is 3.79. The number of carbonyl (C=O) groups excluding carboxylic acids is 1. The number of rotatable bonds is 7. The first kappa shape index (κ1) is 13.4. The minimum Gasteiger partial charge on any atom is -0.468 e. The molecule has 1 rings (SSSR count). The molecule has 1 N–H and O–H groups in total. The maximum absolute atomic E-state index is 11.4. The van der Waals surface area contributed by atoms with Crippen molar-refractivity contribution < 1.29 is 9.53 Å². The number of nitrogens with one attached hydrogen (secondary N) is 1. The molecular formula is C9H15N3O2S2. The van der Waals surface area contributed by atoms with Crippen LogP contribution in [-0.4, -0.2) is 41.6 Å². The van der Waals surface area contributed by atoms with Crippen molar-refractivity contribution in [2.45, 2.75) is 23.7 Å². The Balaban J connectivity index is 2.40. The fourth-order valence-corrected chi connectivity index (χ4v) is 2.60. The van der Waals surface area contributed by atoms with Crippen molar-refractivity contribution >= 4 is 29.1 Å². The van der Waals surface area contributed by atoms with Crippen molar-refractivity contribution in [2.75, 3.05) is 19.4 Å². The average molecular weight is 261 g/mol. The number of thioether (sulfide) groups is 1. The maximum Gasteiger partial charge on any atom is 0.323 e. The summed E-state index contributed by atoms with van der Waals surface area (Å²) in [6.45, 7) is 2.86. The van der Waals surface area contributed by atoms with Crippen LogP contribution in [0.2, 0.25) is 0 Å². The third kappa shape index (κ3) is 4.46. The Kier molecular flexibility index (Phi) is 6.36. The van der Waals surface area contributed by atoms with Crippen molar-refractivity contribution in [1.82, 2.24) is 15.5 Å². The molecule has 1 aromatic heterocycles. The molecule has 1 atom stereocenters. The Morgan fingerprint density at radius 1 is 1.75 bits per heavy atom. The van der Waals surface area contributed by atoms with Gasteiger partial charge in [0.15, 0.2) is 4.34 Å². The van der Waals surface area contributed by atoms with Crippen LogP contribution < -0.4 is 5.32 Å². The van der Waals surface area contributed by atoms with Crippen LogP contribution in [0.15, 0.2) is 9.85 Å². The second-order valence-electron chi connectivity index (χ2n) is 3.05. The second kappa shape index (κ2) is 7.59. The van der Waals surface area contributed by atoms with Gasteiger partial charge in [-0.1, -0.05) is 30.0 Å². The zero-order chi connectivity index (χ0) is 11.8. The highest BCUT2D eigenvalue weighted by atomic mass is 32.2. The van der Waals surface area contributed by atoms with Crippen molar-refractivity contribution in [1.29, 1.82) is 0 Å². The van der Waals surface area contributed by atoms with E-state index in [1.54, 1.807) is 5.51 Å². The molecule has 0 saturated carbocycles. The summed E-state index contributed by atoms with van der Waals surface area (Å²) >= 11 is 2.98. The van der Waals surface area contributed by atoms with Gasteiger partial charge in [0.1, 0.15) is 11.6 Å². The molecule has 0 amide bonds. The summed E-state index contributed by atoms with van der Waals surface area (Å²) in [5, 5.41) is 10.8. The number of esters is 1. The molecule has 0 fully saturated rings. The molecule has 0 radical (unpaired) electrons. The van der Waals surface area contributed by atoms with Crippen LogP contribution >= 0.6 is 23.1 Å². The molecule has 0 spiro atoms. The van der Waals surface area contributed by atoms with E-state index in [9.17, 15) is 4.79 Å². The second-order valence-corrected chi connectivity index (χ2v) is 5.15. The van der Waals surface area contributed by atoms with Gasteiger partial charge in [0, 0.05) is 5.75 Å². The van der Waals surface area contributed by atoms with E-state index in [2.05, 4.69) is 22.4 Å². The Bertz CT molecular complexity index is 306. The molecule has 0 aliphatic rings. The molecule has 90 valence electrons. The highest BCUT2D eigenvalue weighted by Gasteiger charge is 2.18. The largest absolute Gasteiger partial charge is 0.468 e. The van der Waals surface area contributed by atoms with Gasteiger partial charge < -0.3 is 10.1 Å². The van der Waals surface area contributed by atoms with Crippen molar-refractivity contribution in [3.05, 3.63) is 5.51 Å². The number of ether oxygens (including phenoxy) is 1. The SMILES string of the molecule is CCCNC(CSc1nncs1)C(=O)OC. The molecule has 0 bridgehead atoms. The summed E-state index contributed by atoms with van der Waals surface area (Å²) in [5.41, 5.74) is 1.68. The first-order valence-electron chi connectivity index (χ1n) is 4.98. The van der Waals surface area contributed by atoms with E-state index in [0.29, 0.717) is 5.75 Å². The van der Waals surface area contributed by atoms with Crippen LogP contribution in [0.4, 0.5) is 0 Å². The molecular weight excluding hydrogens is 246 g/mol. The molecule has 1 aromatic rings. The molecule has 0 aliphatic heterocycles. The van der Waals surface area contributed by atoms with E-state index in [1.807, 2.05) is 0 Å². The lowest BCUT2D eigenvalue weighted by atomic mass is 10.3. The minimum absolute atomic E-state index is 0.231. The maximum atomic E-state index is 11.4. The summed E-state index contributed by atoms with van der Waals surface area (Å²) in [4.78, 5) is 11.4. The van der Waals surface area contributed by atoms with Gasteiger partial charge in [-0.3, -0.25) is 4.79 Å².